The van der Waals surface area contributed by atoms with Gasteiger partial charge in [0.15, 0.2) is 0 Å². The number of carbonyl (C=O) groups is 1. The van der Waals surface area contributed by atoms with Crippen molar-refractivity contribution in [3.05, 3.63) is 0 Å². The molecule has 0 radical (unpaired) electrons. The number of nitrogens with one attached hydrogen (secondary N) is 2. The first kappa shape index (κ1) is 15.1. The molecule has 0 bridgehead atoms. The Balaban J connectivity index is 0.00000133. The summed E-state index contributed by atoms with van der Waals surface area (Å²) < 4.78 is 0. The molecular formula is C15H27ClN2O. The molecule has 1 saturated heterocycles. The molecule has 1 amide bonds. The molecule has 19 heavy (non-hydrogen) atoms. The molecule has 3 rings (SSSR count). The van der Waals surface area contributed by atoms with E-state index >= 15 is 0 Å². The second-order valence-corrected chi connectivity index (χ2v) is 6.54. The van der Waals surface area contributed by atoms with Crippen molar-refractivity contribution in [2.24, 2.45) is 23.7 Å². The first-order valence-electron chi connectivity index (χ1n) is 7.78. The summed E-state index contributed by atoms with van der Waals surface area (Å²) in [7, 11) is 0. The molecule has 3 nitrogen and oxygen atoms in total. The van der Waals surface area contributed by atoms with Crippen LogP contribution in [0.25, 0.3) is 0 Å². The zero-order chi connectivity index (χ0) is 12.5. The summed E-state index contributed by atoms with van der Waals surface area (Å²) in [5.41, 5.74) is 0. The van der Waals surface area contributed by atoms with E-state index in [0.29, 0.717) is 23.8 Å². The number of carbonyl (C=O) groups excluding carboxylic acids is 1. The van der Waals surface area contributed by atoms with Crippen molar-refractivity contribution in [2.45, 2.75) is 51.5 Å². The van der Waals surface area contributed by atoms with Crippen LogP contribution in [0, 0.1) is 23.7 Å². The van der Waals surface area contributed by atoms with Crippen molar-refractivity contribution in [2.75, 3.05) is 13.1 Å². The third-order valence-corrected chi connectivity index (χ3v) is 5.37. The molecule has 2 saturated carbocycles. The Kier molecular flexibility index (Phi) is 5.13. The fourth-order valence-corrected chi connectivity index (χ4v) is 4.13. The molecule has 1 aliphatic heterocycles. The van der Waals surface area contributed by atoms with E-state index in [2.05, 4.69) is 17.6 Å². The fourth-order valence-electron chi connectivity index (χ4n) is 4.13. The molecule has 4 unspecified atom stereocenters. The molecule has 0 aromatic carbocycles. The van der Waals surface area contributed by atoms with Gasteiger partial charge in [0, 0.05) is 12.0 Å². The van der Waals surface area contributed by atoms with E-state index in [1.165, 1.54) is 38.5 Å². The van der Waals surface area contributed by atoms with Gasteiger partial charge in [-0.1, -0.05) is 12.8 Å². The summed E-state index contributed by atoms with van der Waals surface area (Å²) in [6, 6.07) is 0.341. The molecule has 0 spiro atoms. The highest BCUT2D eigenvalue weighted by molar-refractivity contribution is 5.85. The summed E-state index contributed by atoms with van der Waals surface area (Å²) >= 11 is 0. The van der Waals surface area contributed by atoms with Gasteiger partial charge in [0.2, 0.25) is 5.91 Å². The lowest BCUT2D eigenvalue weighted by Gasteiger charge is -2.29. The maximum atomic E-state index is 12.3. The van der Waals surface area contributed by atoms with Crippen LogP contribution in [0.5, 0.6) is 0 Å². The zero-order valence-corrected chi connectivity index (χ0v) is 12.7. The van der Waals surface area contributed by atoms with Gasteiger partial charge in [-0.3, -0.25) is 4.79 Å². The molecule has 2 N–H and O–H groups in total. The van der Waals surface area contributed by atoms with Crippen LogP contribution < -0.4 is 10.6 Å². The van der Waals surface area contributed by atoms with E-state index in [0.717, 1.165) is 24.9 Å². The summed E-state index contributed by atoms with van der Waals surface area (Å²) in [6.07, 6.45) is 7.77. The van der Waals surface area contributed by atoms with Crippen molar-refractivity contribution in [1.29, 1.82) is 0 Å². The Bertz CT molecular complexity index is 305. The van der Waals surface area contributed by atoms with Gasteiger partial charge in [0.1, 0.15) is 0 Å². The van der Waals surface area contributed by atoms with Crippen molar-refractivity contribution >= 4 is 18.3 Å². The number of rotatable bonds is 3. The van der Waals surface area contributed by atoms with Crippen LogP contribution >= 0.6 is 12.4 Å². The highest BCUT2D eigenvalue weighted by atomic mass is 35.5. The van der Waals surface area contributed by atoms with Gasteiger partial charge < -0.3 is 10.6 Å². The van der Waals surface area contributed by atoms with Gasteiger partial charge >= 0.3 is 0 Å². The van der Waals surface area contributed by atoms with Crippen LogP contribution in [0.1, 0.15) is 45.4 Å². The van der Waals surface area contributed by atoms with Gasteiger partial charge in [0.25, 0.3) is 0 Å². The number of fused-ring (bicyclic) bond motifs is 1. The zero-order valence-electron chi connectivity index (χ0n) is 11.9. The Morgan fingerprint density at radius 2 is 1.84 bits per heavy atom. The van der Waals surface area contributed by atoms with Gasteiger partial charge in [-0.05, 0) is 63.5 Å². The minimum absolute atomic E-state index is 0. The molecule has 3 aliphatic rings. The van der Waals surface area contributed by atoms with Gasteiger partial charge in [-0.2, -0.15) is 0 Å². The van der Waals surface area contributed by atoms with E-state index < -0.39 is 0 Å². The van der Waals surface area contributed by atoms with E-state index in [-0.39, 0.29) is 12.4 Å². The highest BCUT2D eigenvalue weighted by Crippen LogP contribution is 2.55. The normalized spacial score (nSPS) is 38.6. The average molecular weight is 287 g/mol. The van der Waals surface area contributed by atoms with Crippen LogP contribution in [0.15, 0.2) is 0 Å². The van der Waals surface area contributed by atoms with E-state index in [4.69, 9.17) is 0 Å². The lowest BCUT2D eigenvalue weighted by molar-refractivity contribution is -0.123. The molecule has 0 aromatic heterocycles. The second kappa shape index (κ2) is 6.45. The van der Waals surface area contributed by atoms with Crippen molar-refractivity contribution in [1.82, 2.24) is 10.6 Å². The van der Waals surface area contributed by atoms with Crippen molar-refractivity contribution in [3.63, 3.8) is 0 Å². The summed E-state index contributed by atoms with van der Waals surface area (Å²) in [4.78, 5) is 12.3. The molecule has 1 heterocycles. The highest BCUT2D eigenvalue weighted by Gasteiger charge is 2.54. The first-order valence-corrected chi connectivity index (χ1v) is 7.78. The lowest BCUT2D eigenvalue weighted by Crippen LogP contribution is -2.45. The maximum Gasteiger partial charge on any atom is 0.223 e. The smallest absolute Gasteiger partial charge is 0.223 e. The number of piperidine rings is 1. The Hall–Kier alpha value is -0.280. The van der Waals surface area contributed by atoms with E-state index in [1.54, 1.807) is 0 Å². The minimum Gasteiger partial charge on any atom is -0.353 e. The predicted octanol–water partition coefficient (Wildman–Crippen LogP) is 2.35. The average Bonchev–Trinajstić information content (AvgIpc) is 3.14. The third-order valence-electron chi connectivity index (χ3n) is 5.37. The van der Waals surface area contributed by atoms with Crippen molar-refractivity contribution in [3.8, 4) is 0 Å². The van der Waals surface area contributed by atoms with Crippen LogP contribution in [0.4, 0.5) is 0 Å². The van der Waals surface area contributed by atoms with Gasteiger partial charge in [0.05, 0.1) is 0 Å². The van der Waals surface area contributed by atoms with Crippen LogP contribution in [0.2, 0.25) is 0 Å². The van der Waals surface area contributed by atoms with Gasteiger partial charge in [-0.25, -0.2) is 0 Å². The topological polar surface area (TPSA) is 41.1 Å². The third kappa shape index (κ3) is 3.25. The summed E-state index contributed by atoms with van der Waals surface area (Å²) in [6.45, 7) is 4.39. The lowest BCUT2D eigenvalue weighted by atomic mass is 9.92. The van der Waals surface area contributed by atoms with Crippen LogP contribution in [-0.2, 0) is 4.79 Å². The largest absolute Gasteiger partial charge is 0.353 e. The standard InChI is InChI=1S/C15H26N2O.ClH/c1-10(11-5-4-8-16-9-11)17-15(18)14-12-6-2-3-7-13(12)14;/h10-14,16H,2-9H2,1H3,(H,17,18);1H. The maximum absolute atomic E-state index is 12.3. The minimum atomic E-state index is 0. The first-order chi connectivity index (χ1) is 8.77. The van der Waals surface area contributed by atoms with E-state index in [1.807, 2.05) is 0 Å². The summed E-state index contributed by atoms with van der Waals surface area (Å²) in [5.74, 6) is 2.81. The van der Waals surface area contributed by atoms with Gasteiger partial charge in [-0.15, -0.1) is 12.4 Å². The Labute approximate surface area is 122 Å². The molecule has 4 heteroatoms. The molecule has 110 valence electrons. The number of hydrogen-bond acceptors (Lipinski definition) is 2. The Morgan fingerprint density at radius 1 is 1.16 bits per heavy atom. The van der Waals surface area contributed by atoms with E-state index in [9.17, 15) is 4.79 Å². The quantitative estimate of drug-likeness (QED) is 0.836. The molecule has 4 atom stereocenters. The molecule has 2 aliphatic carbocycles. The van der Waals surface area contributed by atoms with Crippen LogP contribution in [0.3, 0.4) is 0 Å². The predicted molar refractivity (Wildman–Crippen MR) is 79.4 cm³/mol. The number of hydrogen-bond donors (Lipinski definition) is 2. The number of amides is 1. The molecule has 0 aromatic rings. The molecule has 3 fully saturated rings. The second-order valence-electron chi connectivity index (χ2n) is 6.54. The Morgan fingerprint density at radius 3 is 2.42 bits per heavy atom. The van der Waals surface area contributed by atoms with Crippen molar-refractivity contribution < 1.29 is 4.79 Å². The summed E-state index contributed by atoms with van der Waals surface area (Å²) in [5, 5.41) is 6.72. The fraction of sp³-hybridized carbons (Fsp3) is 0.933. The van der Waals surface area contributed by atoms with Crippen LogP contribution in [-0.4, -0.2) is 25.0 Å². The number of halogens is 1. The SMILES string of the molecule is CC(NC(=O)C1C2CCCCC21)C1CCCNC1.Cl. The monoisotopic (exact) mass is 286 g/mol. The molecular weight excluding hydrogens is 260 g/mol.